The van der Waals surface area contributed by atoms with E-state index in [1.165, 1.54) is 0 Å². The Morgan fingerprint density at radius 2 is 1.58 bits per heavy atom. The van der Waals surface area contributed by atoms with E-state index >= 15 is 0 Å². The summed E-state index contributed by atoms with van der Waals surface area (Å²) in [6.45, 7) is 2.33. The molecule has 0 atom stereocenters. The van der Waals surface area contributed by atoms with Crippen molar-refractivity contribution in [3.8, 4) is 17.1 Å². The number of amides is 2. The van der Waals surface area contributed by atoms with Crippen molar-refractivity contribution >= 4 is 11.8 Å². The number of hydrogen-bond acceptors (Lipinski definition) is 6. The van der Waals surface area contributed by atoms with Gasteiger partial charge in [-0.2, -0.15) is 4.98 Å². The second-order valence-corrected chi connectivity index (χ2v) is 5.68. The molecular formula is C19H15N3O4. The van der Waals surface area contributed by atoms with Gasteiger partial charge in [0.2, 0.25) is 11.7 Å². The van der Waals surface area contributed by atoms with E-state index in [2.05, 4.69) is 10.1 Å². The smallest absolute Gasteiger partial charge is 0.262 e. The van der Waals surface area contributed by atoms with Crippen molar-refractivity contribution in [2.75, 3.05) is 6.61 Å². The maximum absolute atomic E-state index is 12.4. The molecule has 0 bridgehead atoms. The Morgan fingerprint density at radius 1 is 0.962 bits per heavy atom. The van der Waals surface area contributed by atoms with Gasteiger partial charge in [-0.15, -0.1) is 0 Å². The summed E-state index contributed by atoms with van der Waals surface area (Å²) in [5.41, 5.74) is 1.46. The number of rotatable bonds is 5. The molecule has 1 aliphatic heterocycles. The summed E-state index contributed by atoms with van der Waals surface area (Å²) < 4.78 is 10.8. The maximum atomic E-state index is 12.4. The fourth-order valence-electron chi connectivity index (χ4n) is 2.88. The quantitative estimate of drug-likeness (QED) is 0.658. The molecule has 1 aromatic heterocycles. The number of benzene rings is 2. The van der Waals surface area contributed by atoms with Gasteiger partial charge in [-0.1, -0.05) is 29.4 Å². The molecule has 26 heavy (non-hydrogen) atoms. The molecule has 0 saturated carbocycles. The molecule has 2 heterocycles. The number of imide groups is 1. The van der Waals surface area contributed by atoms with E-state index < -0.39 is 0 Å². The van der Waals surface area contributed by atoms with Gasteiger partial charge in [-0.25, -0.2) is 0 Å². The van der Waals surface area contributed by atoms with Gasteiger partial charge in [0.05, 0.1) is 23.3 Å². The van der Waals surface area contributed by atoms with Gasteiger partial charge in [0.25, 0.3) is 11.8 Å². The van der Waals surface area contributed by atoms with Crippen LogP contribution in [0.25, 0.3) is 11.4 Å². The average molecular weight is 349 g/mol. The summed E-state index contributed by atoms with van der Waals surface area (Å²) in [6, 6.07) is 14.1. The molecule has 7 nitrogen and oxygen atoms in total. The van der Waals surface area contributed by atoms with Crippen molar-refractivity contribution in [2.24, 2.45) is 0 Å². The van der Waals surface area contributed by atoms with Gasteiger partial charge in [0.1, 0.15) is 12.3 Å². The molecule has 7 heteroatoms. The van der Waals surface area contributed by atoms with E-state index in [-0.39, 0.29) is 24.2 Å². The average Bonchev–Trinajstić information content (AvgIpc) is 3.22. The van der Waals surface area contributed by atoms with E-state index in [1.807, 2.05) is 31.2 Å². The molecule has 0 fully saturated rings. The number of ether oxygens (including phenoxy) is 1. The minimum Gasteiger partial charge on any atom is -0.493 e. The van der Waals surface area contributed by atoms with Crippen LogP contribution in [0.1, 0.15) is 33.5 Å². The molecule has 2 amide bonds. The lowest BCUT2D eigenvalue weighted by atomic mass is 10.1. The summed E-state index contributed by atoms with van der Waals surface area (Å²) in [7, 11) is 0. The monoisotopic (exact) mass is 349 g/mol. The van der Waals surface area contributed by atoms with Gasteiger partial charge in [0.15, 0.2) is 0 Å². The lowest BCUT2D eigenvalue weighted by Crippen LogP contribution is -2.29. The molecule has 2 aromatic carbocycles. The molecule has 1 aliphatic rings. The van der Waals surface area contributed by atoms with Crippen LogP contribution in [-0.2, 0) is 6.54 Å². The first-order valence-electron chi connectivity index (χ1n) is 8.19. The van der Waals surface area contributed by atoms with Gasteiger partial charge in [0, 0.05) is 0 Å². The highest BCUT2D eigenvalue weighted by atomic mass is 16.5. The molecule has 0 radical (unpaired) electrons. The molecular weight excluding hydrogens is 334 g/mol. The van der Waals surface area contributed by atoms with Gasteiger partial charge >= 0.3 is 0 Å². The first-order chi connectivity index (χ1) is 12.7. The Kier molecular flexibility index (Phi) is 3.96. The minimum atomic E-state index is -0.361. The molecule has 0 unspecified atom stereocenters. The number of aromatic nitrogens is 2. The molecule has 0 saturated heterocycles. The van der Waals surface area contributed by atoms with Crippen LogP contribution in [0.3, 0.4) is 0 Å². The number of carbonyl (C=O) groups is 2. The van der Waals surface area contributed by atoms with Crippen LogP contribution >= 0.6 is 0 Å². The van der Waals surface area contributed by atoms with Crippen molar-refractivity contribution in [1.82, 2.24) is 15.0 Å². The van der Waals surface area contributed by atoms with E-state index in [1.54, 1.807) is 24.3 Å². The zero-order valence-electron chi connectivity index (χ0n) is 14.0. The highest BCUT2D eigenvalue weighted by molar-refractivity contribution is 6.21. The first kappa shape index (κ1) is 16.0. The summed E-state index contributed by atoms with van der Waals surface area (Å²) in [4.78, 5) is 30.3. The second kappa shape index (κ2) is 6.44. The van der Waals surface area contributed by atoms with Crippen molar-refractivity contribution in [1.29, 1.82) is 0 Å². The summed E-state index contributed by atoms with van der Waals surface area (Å²) in [5, 5.41) is 3.96. The number of fused-ring (bicyclic) bond motifs is 1. The summed E-state index contributed by atoms with van der Waals surface area (Å²) in [6.07, 6.45) is 0. The van der Waals surface area contributed by atoms with Gasteiger partial charge in [-0.3, -0.25) is 14.5 Å². The number of para-hydroxylation sites is 1. The zero-order chi connectivity index (χ0) is 18.1. The van der Waals surface area contributed by atoms with Crippen molar-refractivity contribution in [3.63, 3.8) is 0 Å². The summed E-state index contributed by atoms with van der Waals surface area (Å²) in [5.74, 6) is 0.449. The normalized spacial score (nSPS) is 13.2. The van der Waals surface area contributed by atoms with Gasteiger partial charge < -0.3 is 9.26 Å². The van der Waals surface area contributed by atoms with Crippen LogP contribution in [0.5, 0.6) is 5.75 Å². The predicted molar refractivity (Wildman–Crippen MR) is 91.5 cm³/mol. The topological polar surface area (TPSA) is 85.5 Å². The lowest BCUT2D eigenvalue weighted by Gasteiger charge is -2.10. The third-order valence-corrected chi connectivity index (χ3v) is 4.07. The molecule has 0 aliphatic carbocycles. The molecule has 3 aromatic rings. The number of hydrogen-bond donors (Lipinski definition) is 0. The van der Waals surface area contributed by atoms with Crippen LogP contribution in [-0.4, -0.2) is 33.5 Å². The molecule has 130 valence electrons. The largest absolute Gasteiger partial charge is 0.493 e. The minimum absolute atomic E-state index is 0.0733. The zero-order valence-corrected chi connectivity index (χ0v) is 14.0. The Labute approximate surface area is 149 Å². The molecule has 4 rings (SSSR count). The Morgan fingerprint density at radius 3 is 2.23 bits per heavy atom. The third-order valence-electron chi connectivity index (χ3n) is 4.07. The fraction of sp³-hybridized carbons (Fsp3) is 0.158. The fourth-order valence-corrected chi connectivity index (χ4v) is 2.88. The SMILES string of the molecule is CCOc1ccccc1-c1noc(CN2C(=O)c3ccccc3C2=O)n1. The highest BCUT2D eigenvalue weighted by Crippen LogP contribution is 2.28. The lowest BCUT2D eigenvalue weighted by molar-refractivity contribution is 0.0625. The van der Waals surface area contributed by atoms with Crippen LogP contribution in [0.4, 0.5) is 0 Å². The standard InChI is InChI=1S/C19H15N3O4/c1-2-25-15-10-6-5-9-14(15)17-20-16(26-21-17)11-22-18(23)12-7-3-4-8-13(12)19(22)24/h3-10H,2,11H2,1H3. The van der Waals surface area contributed by atoms with Crippen molar-refractivity contribution in [2.45, 2.75) is 13.5 Å². The van der Waals surface area contributed by atoms with Crippen LogP contribution in [0, 0.1) is 0 Å². The third kappa shape index (κ3) is 2.63. The Balaban J connectivity index is 1.59. The Hall–Kier alpha value is -3.48. The van der Waals surface area contributed by atoms with E-state index in [0.717, 1.165) is 4.90 Å². The van der Waals surface area contributed by atoms with E-state index in [4.69, 9.17) is 9.26 Å². The van der Waals surface area contributed by atoms with Crippen LogP contribution in [0.15, 0.2) is 53.1 Å². The second-order valence-electron chi connectivity index (χ2n) is 5.68. The van der Waals surface area contributed by atoms with Gasteiger partial charge in [-0.05, 0) is 31.2 Å². The van der Waals surface area contributed by atoms with Crippen molar-refractivity contribution < 1.29 is 18.8 Å². The Bertz CT molecular complexity index is 961. The predicted octanol–water partition coefficient (Wildman–Crippen LogP) is 2.93. The van der Waals surface area contributed by atoms with Crippen LogP contribution < -0.4 is 4.74 Å². The number of nitrogens with zero attached hydrogens (tertiary/aromatic N) is 3. The van der Waals surface area contributed by atoms with E-state index in [9.17, 15) is 9.59 Å². The molecule has 0 spiro atoms. The summed E-state index contributed by atoms with van der Waals surface area (Å²) >= 11 is 0. The highest BCUT2D eigenvalue weighted by Gasteiger charge is 2.36. The van der Waals surface area contributed by atoms with Crippen molar-refractivity contribution in [3.05, 3.63) is 65.5 Å². The van der Waals surface area contributed by atoms with Crippen LogP contribution in [0.2, 0.25) is 0 Å². The number of carbonyl (C=O) groups excluding carboxylic acids is 2. The first-order valence-corrected chi connectivity index (χ1v) is 8.19. The molecule has 0 N–H and O–H groups in total. The maximum Gasteiger partial charge on any atom is 0.262 e. The van der Waals surface area contributed by atoms with E-state index in [0.29, 0.717) is 34.9 Å².